The Morgan fingerprint density at radius 2 is 1.84 bits per heavy atom. The maximum atomic E-state index is 9.89. The Hall–Kier alpha value is -0.120. The van der Waals surface area contributed by atoms with E-state index in [-0.39, 0.29) is 12.1 Å². The highest BCUT2D eigenvalue weighted by atomic mass is 16.3. The van der Waals surface area contributed by atoms with E-state index in [2.05, 4.69) is 44.8 Å². The van der Waals surface area contributed by atoms with Gasteiger partial charge in [-0.3, -0.25) is 0 Å². The van der Waals surface area contributed by atoms with E-state index in [0.29, 0.717) is 11.3 Å². The lowest BCUT2D eigenvalue weighted by molar-refractivity contribution is 0.0266. The van der Waals surface area contributed by atoms with Gasteiger partial charge in [0.05, 0.1) is 6.61 Å². The lowest BCUT2D eigenvalue weighted by Crippen LogP contribution is -2.58. The normalized spacial score (nSPS) is 30.8. The van der Waals surface area contributed by atoms with E-state index >= 15 is 0 Å². The van der Waals surface area contributed by atoms with Gasteiger partial charge in [-0.05, 0) is 43.7 Å². The molecule has 0 aliphatic heterocycles. The molecule has 0 amide bonds. The fourth-order valence-electron chi connectivity index (χ4n) is 3.49. The number of aliphatic hydroxyl groups is 1. The number of nitrogens with one attached hydrogen (secondary N) is 1. The van der Waals surface area contributed by atoms with Crippen LogP contribution in [0.2, 0.25) is 0 Å². The van der Waals surface area contributed by atoms with E-state index in [9.17, 15) is 5.11 Å². The van der Waals surface area contributed by atoms with Crippen LogP contribution in [-0.4, -0.2) is 48.3 Å². The monoisotopic (exact) mass is 270 g/mol. The van der Waals surface area contributed by atoms with E-state index in [1.54, 1.807) is 0 Å². The minimum absolute atomic E-state index is 0.0529. The molecule has 2 atom stereocenters. The molecule has 0 spiro atoms. The van der Waals surface area contributed by atoms with Crippen LogP contribution in [0.25, 0.3) is 0 Å². The van der Waals surface area contributed by atoms with Gasteiger partial charge in [0.2, 0.25) is 0 Å². The van der Waals surface area contributed by atoms with Gasteiger partial charge in [-0.25, -0.2) is 0 Å². The first-order valence-electron chi connectivity index (χ1n) is 7.97. The first kappa shape index (κ1) is 16.9. The Morgan fingerprint density at radius 3 is 2.32 bits per heavy atom. The van der Waals surface area contributed by atoms with Gasteiger partial charge in [0, 0.05) is 18.6 Å². The Bertz CT molecular complexity index is 263. The van der Waals surface area contributed by atoms with Crippen molar-refractivity contribution in [2.75, 3.05) is 32.8 Å². The molecule has 2 N–H and O–H groups in total. The summed E-state index contributed by atoms with van der Waals surface area (Å²) in [4.78, 5) is 2.43. The van der Waals surface area contributed by atoms with Gasteiger partial charge in [0.15, 0.2) is 0 Å². The van der Waals surface area contributed by atoms with Gasteiger partial charge >= 0.3 is 0 Å². The van der Waals surface area contributed by atoms with Crippen molar-refractivity contribution in [3.63, 3.8) is 0 Å². The van der Waals surface area contributed by atoms with Crippen LogP contribution in [0.1, 0.15) is 53.9 Å². The lowest BCUT2D eigenvalue weighted by atomic mass is 9.64. The molecule has 1 fully saturated rings. The summed E-state index contributed by atoms with van der Waals surface area (Å²) in [7, 11) is 0. The minimum Gasteiger partial charge on any atom is -0.394 e. The van der Waals surface area contributed by atoms with Gasteiger partial charge in [-0.2, -0.15) is 0 Å². The largest absolute Gasteiger partial charge is 0.394 e. The first-order chi connectivity index (χ1) is 8.89. The van der Waals surface area contributed by atoms with E-state index in [1.165, 1.54) is 12.8 Å². The zero-order chi connectivity index (χ0) is 14.5. The van der Waals surface area contributed by atoms with E-state index < -0.39 is 0 Å². The molecule has 0 bridgehead atoms. The standard InChI is InChI=1S/C16H34N2O/c1-6-18(7-2)11-10-17-16(13-19)9-8-15(4,5)12-14(16)3/h14,17,19H,6-13H2,1-5H3. The number of hydrogen-bond donors (Lipinski definition) is 2. The summed E-state index contributed by atoms with van der Waals surface area (Å²) in [5, 5.41) is 13.6. The van der Waals surface area contributed by atoms with Crippen molar-refractivity contribution in [2.45, 2.75) is 59.4 Å². The average Bonchev–Trinajstić information content (AvgIpc) is 2.37. The van der Waals surface area contributed by atoms with Crippen molar-refractivity contribution in [1.29, 1.82) is 0 Å². The van der Waals surface area contributed by atoms with E-state index in [4.69, 9.17) is 0 Å². The molecule has 0 aromatic carbocycles. The highest BCUT2D eigenvalue weighted by molar-refractivity contribution is 4.99. The fourth-order valence-corrected chi connectivity index (χ4v) is 3.49. The Labute approximate surface area is 119 Å². The Kier molecular flexibility index (Phi) is 6.28. The summed E-state index contributed by atoms with van der Waals surface area (Å²) in [6, 6.07) is 0. The van der Waals surface area contributed by atoms with Crippen LogP contribution in [0, 0.1) is 11.3 Å². The molecule has 1 aliphatic rings. The highest BCUT2D eigenvalue weighted by Gasteiger charge is 2.42. The summed E-state index contributed by atoms with van der Waals surface area (Å²) in [5.74, 6) is 0.540. The Balaban J connectivity index is 2.52. The molecule has 0 heterocycles. The third kappa shape index (κ3) is 4.44. The van der Waals surface area contributed by atoms with Crippen molar-refractivity contribution in [3.05, 3.63) is 0 Å². The molecule has 2 unspecified atom stereocenters. The predicted octanol–water partition coefficient (Wildman–Crippen LogP) is 2.50. The van der Waals surface area contributed by atoms with Gasteiger partial charge in [-0.1, -0.05) is 34.6 Å². The van der Waals surface area contributed by atoms with Crippen molar-refractivity contribution in [1.82, 2.24) is 10.2 Å². The van der Waals surface area contributed by atoms with Crippen LogP contribution in [-0.2, 0) is 0 Å². The first-order valence-corrected chi connectivity index (χ1v) is 7.97. The van der Waals surface area contributed by atoms with Crippen molar-refractivity contribution in [3.8, 4) is 0 Å². The van der Waals surface area contributed by atoms with Gasteiger partial charge in [0.1, 0.15) is 0 Å². The summed E-state index contributed by atoms with van der Waals surface area (Å²) < 4.78 is 0. The van der Waals surface area contributed by atoms with Gasteiger partial charge in [0.25, 0.3) is 0 Å². The van der Waals surface area contributed by atoms with Crippen molar-refractivity contribution < 1.29 is 5.11 Å². The second kappa shape index (κ2) is 7.05. The van der Waals surface area contributed by atoms with Crippen LogP contribution in [0.5, 0.6) is 0 Å². The van der Waals surface area contributed by atoms with Crippen molar-refractivity contribution >= 4 is 0 Å². The molecule has 0 radical (unpaired) electrons. The number of aliphatic hydroxyl groups excluding tert-OH is 1. The minimum atomic E-state index is -0.0529. The molecule has 0 aromatic rings. The van der Waals surface area contributed by atoms with Crippen LogP contribution in [0.15, 0.2) is 0 Å². The molecule has 0 aromatic heterocycles. The van der Waals surface area contributed by atoms with E-state index in [1.807, 2.05) is 0 Å². The number of likely N-dealkylation sites (N-methyl/N-ethyl adjacent to an activating group) is 1. The molecule has 1 aliphatic carbocycles. The third-order valence-corrected chi connectivity index (χ3v) is 5.13. The van der Waals surface area contributed by atoms with Crippen LogP contribution in [0.3, 0.4) is 0 Å². The smallest absolute Gasteiger partial charge is 0.0615 e. The predicted molar refractivity (Wildman–Crippen MR) is 82.4 cm³/mol. The van der Waals surface area contributed by atoms with E-state index in [0.717, 1.165) is 32.6 Å². The molecule has 3 nitrogen and oxygen atoms in total. The number of nitrogens with zero attached hydrogens (tertiary/aromatic N) is 1. The number of rotatable bonds is 7. The second-order valence-electron chi connectivity index (χ2n) is 7.04. The number of hydrogen-bond acceptors (Lipinski definition) is 3. The summed E-state index contributed by atoms with van der Waals surface area (Å²) >= 11 is 0. The summed E-state index contributed by atoms with van der Waals surface area (Å²) in [6.07, 6.45) is 3.50. The van der Waals surface area contributed by atoms with Gasteiger partial charge in [-0.15, -0.1) is 0 Å². The molecule has 3 heteroatoms. The molecule has 1 rings (SSSR count). The molecular weight excluding hydrogens is 236 g/mol. The fraction of sp³-hybridized carbons (Fsp3) is 1.00. The Morgan fingerprint density at radius 1 is 1.21 bits per heavy atom. The molecular formula is C16H34N2O. The third-order valence-electron chi connectivity index (χ3n) is 5.13. The van der Waals surface area contributed by atoms with Gasteiger partial charge < -0.3 is 15.3 Å². The maximum Gasteiger partial charge on any atom is 0.0615 e. The summed E-state index contributed by atoms with van der Waals surface area (Å²) in [5.41, 5.74) is 0.376. The highest BCUT2D eigenvalue weighted by Crippen LogP contribution is 2.43. The SMILES string of the molecule is CCN(CC)CCNC1(CO)CCC(C)(C)CC1C. The van der Waals surface area contributed by atoms with Crippen molar-refractivity contribution in [2.24, 2.45) is 11.3 Å². The lowest BCUT2D eigenvalue weighted by Gasteiger charge is -2.48. The van der Waals surface area contributed by atoms with Crippen LogP contribution >= 0.6 is 0 Å². The van der Waals surface area contributed by atoms with Crippen LogP contribution in [0.4, 0.5) is 0 Å². The molecule has 114 valence electrons. The molecule has 19 heavy (non-hydrogen) atoms. The molecule has 0 saturated heterocycles. The second-order valence-corrected chi connectivity index (χ2v) is 7.04. The average molecular weight is 270 g/mol. The molecule has 1 saturated carbocycles. The maximum absolute atomic E-state index is 9.89. The quantitative estimate of drug-likeness (QED) is 0.746. The zero-order valence-corrected chi connectivity index (χ0v) is 13.6. The zero-order valence-electron chi connectivity index (χ0n) is 13.6. The summed E-state index contributed by atoms with van der Waals surface area (Å²) in [6.45, 7) is 15.9. The van der Waals surface area contributed by atoms with Crippen LogP contribution < -0.4 is 5.32 Å². The topological polar surface area (TPSA) is 35.5 Å².